The molecule has 0 fully saturated rings. The fourth-order valence-electron chi connectivity index (χ4n) is 1.95. The number of rotatable bonds is 6. The van der Waals surface area contributed by atoms with Gasteiger partial charge in [-0.3, -0.25) is 14.4 Å². The van der Waals surface area contributed by atoms with Crippen molar-refractivity contribution in [2.45, 2.75) is 30.6 Å². The summed E-state index contributed by atoms with van der Waals surface area (Å²) in [6.45, 7) is 0. The summed E-state index contributed by atoms with van der Waals surface area (Å²) >= 11 is 1.46. The van der Waals surface area contributed by atoms with Crippen LogP contribution in [0.25, 0.3) is 0 Å². The molecule has 0 aromatic heterocycles. The molecular formula is C14H16N2O4S. The third-order valence-electron chi connectivity index (χ3n) is 2.94. The zero-order valence-corrected chi connectivity index (χ0v) is 12.2. The molecule has 0 aliphatic carbocycles. The molecule has 0 bridgehead atoms. The Morgan fingerprint density at radius 1 is 1.29 bits per heavy atom. The summed E-state index contributed by atoms with van der Waals surface area (Å²) in [6, 6.07) is 5.38. The van der Waals surface area contributed by atoms with E-state index in [1.54, 1.807) is 12.1 Å². The second-order valence-electron chi connectivity index (χ2n) is 4.70. The smallest absolute Gasteiger partial charge is 0.303 e. The molecule has 0 unspecified atom stereocenters. The maximum absolute atomic E-state index is 11.7. The number of thioether (sulfide) groups is 1. The average Bonchev–Trinajstić information content (AvgIpc) is 2.43. The van der Waals surface area contributed by atoms with E-state index in [0.29, 0.717) is 30.0 Å². The highest BCUT2D eigenvalue weighted by molar-refractivity contribution is 8.00. The molecule has 7 heteroatoms. The van der Waals surface area contributed by atoms with Gasteiger partial charge in [0.15, 0.2) is 0 Å². The van der Waals surface area contributed by atoms with E-state index in [2.05, 4.69) is 10.6 Å². The number of unbranched alkanes of at least 4 members (excludes halogenated alkanes) is 1. The van der Waals surface area contributed by atoms with Crippen molar-refractivity contribution in [2.75, 3.05) is 16.4 Å². The maximum atomic E-state index is 11.7. The Morgan fingerprint density at radius 2 is 2.05 bits per heavy atom. The summed E-state index contributed by atoms with van der Waals surface area (Å²) in [5.41, 5.74) is 1.33. The molecule has 0 saturated heterocycles. The molecule has 0 atom stereocenters. The Hall–Kier alpha value is -2.02. The number of amides is 2. The molecule has 1 aliphatic heterocycles. The summed E-state index contributed by atoms with van der Waals surface area (Å²) in [4.78, 5) is 34.4. The summed E-state index contributed by atoms with van der Waals surface area (Å²) in [6.07, 6.45) is 1.39. The average molecular weight is 308 g/mol. The van der Waals surface area contributed by atoms with E-state index >= 15 is 0 Å². The monoisotopic (exact) mass is 308 g/mol. The highest BCUT2D eigenvalue weighted by Crippen LogP contribution is 2.33. The molecule has 0 saturated carbocycles. The van der Waals surface area contributed by atoms with Crippen molar-refractivity contribution >= 4 is 40.9 Å². The molecule has 112 valence electrons. The van der Waals surface area contributed by atoms with Crippen LogP contribution in [-0.4, -0.2) is 28.6 Å². The van der Waals surface area contributed by atoms with Gasteiger partial charge in [0.05, 0.1) is 11.4 Å². The molecule has 2 rings (SSSR count). The second-order valence-corrected chi connectivity index (χ2v) is 5.71. The minimum Gasteiger partial charge on any atom is -0.481 e. The Bertz CT molecular complexity index is 574. The van der Waals surface area contributed by atoms with Crippen molar-refractivity contribution in [3.8, 4) is 0 Å². The Labute approximate surface area is 126 Å². The van der Waals surface area contributed by atoms with Crippen LogP contribution in [0.15, 0.2) is 23.1 Å². The minimum absolute atomic E-state index is 0.0513. The van der Waals surface area contributed by atoms with Gasteiger partial charge in [0.2, 0.25) is 11.8 Å². The first-order valence-electron chi connectivity index (χ1n) is 6.63. The van der Waals surface area contributed by atoms with Gasteiger partial charge in [-0.2, -0.15) is 0 Å². The van der Waals surface area contributed by atoms with Crippen LogP contribution in [0.1, 0.15) is 25.7 Å². The third kappa shape index (κ3) is 4.78. The maximum Gasteiger partial charge on any atom is 0.303 e. The standard InChI is InChI=1S/C14H16N2O4S/c17-12(3-1-2-4-14(19)20)15-9-5-6-11-10(7-9)16-13(18)8-21-11/h5-7H,1-4,8H2,(H,15,17)(H,16,18)(H,19,20). The van der Waals surface area contributed by atoms with Gasteiger partial charge >= 0.3 is 5.97 Å². The van der Waals surface area contributed by atoms with E-state index in [4.69, 9.17) is 5.11 Å². The van der Waals surface area contributed by atoms with Gasteiger partial charge in [0.1, 0.15) is 0 Å². The topological polar surface area (TPSA) is 95.5 Å². The number of benzene rings is 1. The molecule has 6 nitrogen and oxygen atoms in total. The van der Waals surface area contributed by atoms with Crippen LogP contribution in [0.5, 0.6) is 0 Å². The van der Waals surface area contributed by atoms with Crippen LogP contribution in [0.2, 0.25) is 0 Å². The van der Waals surface area contributed by atoms with Gasteiger partial charge in [-0.05, 0) is 31.0 Å². The fraction of sp³-hybridized carbons (Fsp3) is 0.357. The predicted octanol–water partition coefficient (Wildman–Crippen LogP) is 2.31. The predicted molar refractivity (Wildman–Crippen MR) is 80.5 cm³/mol. The van der Waals surface area contributed by atoms with Crippen LogP contribution in [0.3, 0.4) is 0 Å². The van der Waals surface area contributed by atoms with E-state index in [9.17, 15) is 14.4 Å². The molecule has 0 radical (unpaired) electrons. The highest BCUT2D eigenvalue weighted by atomic mass is 32.2. The minimum atomic E-state index is -0.849. The Morgan fingerprint density at radius 3 is 2.81 bits per heavy atom. The van der Waals surface area contributed by atoms with E-state index in [0.717, 1.165) is 4.90 Å². The van der Waals surface area contributed by atoms with Crippen LogP contribution >= 0.6 is 11.8 Å². The first kappa shape index (κ1) is 15.4. The molecule has 0 spiro atoms. The zero-order valence-electron chi connectivity index (χ0n) is 11.3. The summed E-state index contributed by atoms with van der Waals surface area (Å²) < 4.78 is 0. The first-order chi connectivity index (χ1) is 10.0. The number of carboxylic acids is 1. The number of anilines is 2. The molecule has 21 heavy (non-hydrogen) atoms. The number of nitrogens with one attached hydrogen (secondary N) is 2. The number of hydrogen-bond acceptors (Lipinski definition) is 4. The number of aliphatic carboxylic acids is 1. The van der Waals surface area contributed by atoms with Crippen molar-refractivity contribution in [3.63, 3.8) is 0 Å². The van der Waals surface area contributed by atoms with E-state index in [1.165, 1.54) is 11.8 Å². The van der Waals surface area contributed by atoms with Crippen molar-refractivity contribution < 1.29 is 19.5 Å². The number of carboxylic acid groups (broad SMARTS) is 1. The van der Waals surface area contributed by atoms with Crippen molar-refractivity contribution in [1.29, 1.82) is 0 Å². The largest absolute Gasteiger partial charge is 0.481 e. The zero-order chi connectivity index (χ0) is 15.2. The van der Waals surface area contributed by atoms with Crippen molar-refractivity contribution in [2.24, 2.45) is 0 Å². The second kappa shape index (κ2) is 7.12. The highest BCUT2D eigenvalue weighted by Gasteiger charge is 2.15. The van der Waals surface area contributed by atoms with Crippen LogP contribution in [-0.2, 0) is 14.4 Å². The quantitative estimate of drug-likeness (QED) is 0.701. The number of hydrogen-bond donors (Lipinski definition) is 3. The molecule has 1 aromatic carbocycles. The Kier molecular flexibility index (Phi) is 5.21. The Balaban J connectivity index is 1.85. The molecular weight excluding hydrogens is 292 g/mol. The van der Waals surface area contributed by atoms with Gasteiger partial charge in [-0.1, -0.05) is 0 Å². The molecule has 2 amide bonds. The summed E-state index contributed by atoms with van der Waals surface area (Å²) in [5.74, 6) is -0.652. The normalized spacial score (nSPS) is 13.2. The fourth-order valence-corrected chi connectivity index (χ4v) is 2.73. The first-order valence-corrected chi connectivity index (χ1v) is 7.61. The van der Waals surface area contributed by atoms with Gasteiger partial charge in [0.25, 0.3) is 0 Å². The lowest BCUT2D eigenvalue weighted by molar-refractivity contribution is -0.137. The molecule has 1 heterocycles. The summed E-state index contributed by atoms with van der Waals surface area (Å²) in [5, 5.41) is 14.0. The van der Waals surface area contributed by atoms with Gasteiger partial charge in [-0.15, -0.1) is 11.8 Å². The van der Waals surface area contributed by atoms with Gasteiger partial charge in [-0.25, -0.2) is 0 Å². The third-order valence-corrected chi connectivity index (χ3v) is 4.01. The van der Waals surface area contributed by atoms with Crippen LogP contribution in [0.4, 0.5) is 11.4 Å². The number of carbonyl (C=O) groups is 3. The SMILES string of the molecule is O=C(O)CCCCC(=O)Nc1ccc2c(c1)NC(=O)CS2. The van der Waals surface area contributed by atoms with Gasteiger partial charge in [0, 0.05) is 23.4 Å². The lowest BCUT2D eigenvalue weighted by atomic mass is 10.2. The lowest BCUT2D eigenvalue weighted by Crippen LogP contribution is -2.19. The summed E-state index contributed by atoms with van der Waals surface area (Å²) in [7, 11) is 0. The lowest BCUT2D eigenvalue weighted by Gasteiger charge is -2.17. The van der Waals surface area contributed by atoms with Crippen LogP contribution < -0.4 is 10.6 Å². The molecule has 1 aromatic rings. The van der Waals surface area contributed by atoms with E-state index in [-0.39, 0.29) is 24.7 Å². The molecule has 1 aliphatic rings. The van der Waals surface area contributed by atoms with Crippen molar-refractivity contribution in [3.05, 3.63) is 18.2 Å². The van der Waals surface area contributed by atoms with E-state index in [1.807, 2.05) is 6.07 Å². The number of fused-ring (bicyclic) bond motifs is 1. The molecule has 3 N–H and O–H groups in total. The van der Waals surface area contributed by atoms with Crippen molar-refractivity contribution in [1.82, 2.24) is 0 Å². The van der Waals surface area contributed by atoms with Crippen LogP contribution in [0, 0.1) is 0 Å². The van der Waals surface area contributed by atoms with Gasteiger partial charge < -0.3 is 15.7 Å². The van der Waals surface area contributed by atoms with E-state index < -0.39 is 5.97 Å². The number of carbonyl (C=O) groups excluding carboxylic acids is 2.